The molecule has 0 unspecified atom stereocenters. The molecule has 5 nitrogen and oxygen atoms in total. The fourth-order valence-electron chi connectivity index (χ4n) is 3.38. The molecular formula is C22H27N3O2. The molecule has 142 valence electrons. The van der Waals surface area contributed by atoms with Gasteiger partial charge in [0.15, 0.2) is 0 Å². The number of benzene rings is 1. The number of pyridine rings is 1. The van der Waals surface area contributed by atoms with E-state index in [9.17, 15) is 9.59 Å². The summed E-state index contributed by atoms with van der Waals surface area (Å²) in [5.74, 6) is -0.204. The van der Waals surface area contributed by atoms with Crippen LogP contribution in [0.15, 0.2) is 48.8 Å². The monoisotopic (exact) mass is 365 g/mol. The van der Waals surface area contributed by atoms with Crippen molar-refractivity contribution in [3.8, 4) is 0 Å². The fraction of sp³-hybridized carbons (Fsp3) is 0.409. The predicted octanol–water partition coefficient (Wildman–Crippen LogP) is 3.46. The summed E-state index contributed by atoms with van der Waals surface area (Å²) in [6, 6.07) is 11.9. The van der Waals surface area contributed by atoms with Gasteiger partial charge < -0.3 is 10.2 Å². The van der Waals surface area contributed by atoms with Gasteiger partial charge in [-0.3, -0.25) is 14.6 Å². The molecule has 0 radical (unpaired) electrons. The molecule has 1 aliphatic heterocycles. The molecule has 1 aromatic carbocycles. The second-order valence-corrected chi connectivity index (χ2v) is 7.01. The zero-order valence-electron chi connectivity index (χ0n) is 15.7. The maximum absolute atomic E-state index is 12.7. The van der Waals surface area contributed by atoms with E-state index in [2.05, 4.69) is 22.4 Å². The van der Waals surface area contributed by atoms with E-state index in [1.807, 2.05) is 23.1 Å². The molecule has 1 aromatic heterocycles. The number of hydrogen-bond donors (Lipinski definition) is 1. The number of likely N-dealkylation sites (tertiary alicyclic amines) is 1. The molecule has 2 heterocycles. The van der Waals surface area contributed by atoms with Crippen molar-refractivity contribution in [1.82, 2.24) is 15.2 Å². The molecule has 2 aromatic rings. The highest BCUT2D eigenvalue weighted by Crippen LogP contribution is 2.14. The average molecular weight is 365 g/mol. The van der Waals surface area contributed by atoms with Crippen LogP contribution in [0, 0.1) is 0 Å². The Hall–Kier alpha value is -2.69. The van der Waals surface area contributed by atoms with Gasteiger partial charge in [0.2, 0.25) is 0 Å². The molecule has 1 N–H and O–H groups in total. The minimum absolute atomic E-state index is 0.0249. The number of carbonyl (C=O) groups excluding carboxylic acids is 2. The lowest BCUT2D eigenvalue weighted by molar-refractivity contribution is 0.0761. The molecule has 27 heavy (non-hydrogen) atoms. The molecular weight excluding hydrogens is 338 g/mol. The van der Waals surface area contributed by atoms with Gasteiger partial charge in [0.1, 0.15) is 0 Å². The number of hydrogen-bond acceptors (Lipinski definition) is 3. The van der Waals surface area contributed by atoms with Gasteiger partial charge in [-0.05, 0) is 37.3 Å². The van der Waals surface area contributed by atoms with Crippen LogP contribution in [-0.2, 0) is 6.42 Å². The van der Waals surface area contributed by atoms with Gasteiger partial charge in [-0.2, -0.15) is 0 Å². The summed E-state index contributed by atoms with van der Waals surface area (Å²) < 4.78 is 0. The van der Waals surface area contributed by atoms with E-state index in [0.717, 1.165) is 38.8 Å². The van der Waals surface area contributed by atoms with Crippen LogP contribution in [0.4, 0.5) is 0 Å². The number of aryl methyl sites for hydroxylation is 1. The molecule has 0 aliphatic carbocycles. The van der Waals surface area contributed by atoms with Crippen LogP contribution in [0.3, 0.4) is 0 Å². The Kier molecular flexibility index (Phi) is 6.97. The van der Waals surface area contributed by atoms with E-state index in [4.69, 9.17) is 0 Å². The van der Waals surface area contributed by atoms with Crippen LogP contribution in [0.2, 0.25) is 0 Å². The number of amides is 2. The molecule has 0 spiro atoms. The van der Waals surface area contributed by atoms with Crippen LogP contribution >= 0.6 is 0 Å². The van der Waals surface area contributed by atoms with Gasteiger partial charge in [-0.15, -0.1) is 0 Å². The Morgan fingerprint density at radius 1 is 0.963 bits per heavy atom. The second kappa shape index (κ2) is 9.86. The standard InChI is InChI=1S/C22H27N3O2/c26-21(24-12-8-11-18-9-4-3-5-10-18)19-15-20(17-23-16-19)22(27)25-13-6-1-2-7-14-25/h3-5,9-10,15-17H,1-2,6-8,11-14H2,(H,24,26). The first-order valence-electron chi connectivity index (χ1n) is 9.80. The van der Waals surface area contributed by atoms with E-state index < -0.39 is 0 Å². The molecule has 3 rings (SSSR count). The smallest absolute Gasteiger partial charge is 0.255 e. The van der Waals surface area contributed by atoms with Crippen molar-refractivity contribution in [3.05, 3.63) is 65.5 Å². The van der Waals surface area contributed by atoms with E-state index in [1.165, 1.54) is 24.6 Å². The number of rotatable bonds is 6. The second-order valence-electron chi connectivity index (χ2n) is 7.01. The molecule has 1 saturated heterocycles. The van der Waals surface area contributed by atoms with Gasteiger partial charge in [0, 0.05) is 32.0 Å². The Labute approximate surface area is 160 Å². The SMILES string of the molecule is O=C(NCCCc1ccccc1)c1cncc(C(=O)N2CCCCCC2)c1. The summed E-state index contributed by atoms with van der Waals surface area (Å²) in [7, 11) is 0. The molecule has 2 amide bonds. The Morgan fingerprint density at radius 3 is 2.41 bits per heavy atom. The van der Waals surface area contributed by atoms with Crippen LogP contribution in [0.5, 0.6) is 0 Å². The van der Waals surface area contributed by atoms with Crippen LogP contribution < -0.4 is 5.32 Å². The Bertz CT molecular complexity index is 753. The third-order valence-electron chi connectivity index (χ3n) is 4.91. The Balaban J connectivity index is 1.52. The Morgan fingerprint density at radius 2 is 1.67 bits per heavy atom. The maximum Gasteiger partial charge on any atom is 0.255 e. The van der Waals surface area contributed by atoms with Crippen LogP contribution in [-0.4, -0.2) is 41.3 Å². The first kappa shape index (κ1) is 19.1. The summed E-state index contributed by atoms with van der Waals surface area (Å²) >= 11 is 0. The lowest BCUT2D eigenvalue weighted by atomic mass is 10.1. The molecule has 0 bridgehead atoms. The molecule has 1 aliphatic rings. The summed E-state index contributed by atoms with van der Waals surface area (Å²) in [6.45, 7) is 2.17. The van der Waals surface area contributed by atoms with Crippen LogP contribution in [0.25, 0.3) is 0 Å². The van der Waals surface area contributed by atoms with E-state index in [-0.39, 0.29) is 11.8 Å². The van der Waals surface area contributed by atoms with E-state index in [1.54, 1.807) is 12.3 Å². The quantitative estimate of drug-likeness (QED) is 0.798. The first-order chi connectivity index (χ1) is 13.2. The van der Waals surface area contributed by atoms with Crippen molar-refractivity contribution in [2.75, 3.05) is 19.6 Å². The lowest BCUT2D eigenvalue weighted by Crippen LogP contribution is -2.32. The van der Waals surface area contributed by atoms with Crippen molar-refractivity contribution in [3.63, 3.8) is 0 Å². The summed E-state index contributed by atoms with van der Waals surface area (Å²) in [5.41, 5.74) is 2.20. The number of nitrogens with zero attached hydrogens (tertiary/aromatic N) is 2. The molecule has 0 atom stereocenters. The minimum Gasteiger partial charge on any atom is -0.352 e. The highest BCUT2D eigenvalue weighted by Gasteiger charge is 2.18. The fourth-order valence-corrected chi connectivity index (χ4v) is 3.38. The number of nitrogens with one attached hydrogen (secondary N) is 1. The van der Waals surface area contributed by atoms with Crippen molar-refractivity contribution in [1.29, 1.82) is 0 Å². The van der Waals surface area contributed by atoms with Crippen molar-refractivity contribution in [2.45, 2.75) is 38.5 Å². The third kappa shape index (κ3) is 5.64. The normalized spacial score (nSPS) is 14.4. The average Bonchev–Trinajstić information content (AvgIpc) is 3.01. The highest BCUT2D eigenvalue weighted by atomic mass is 16.2. The zero-order valence-corrected chi connectivity index (χ0v) is 15.7. The van der Waals surface area contributed by atoms with E-state index in [0.29, 0.717) is 17.7 Å². The van der Waals surface area contributed by atoms with Crippen LogP contribution in [0.1, 0.15) is 58.4 Å². The summed E-state index contributed by atoms with van der Waals surface area (Å²) in [4.78, 5) is 31.1. The van der Waals surface area contributed by atoms with Crippen molar-refractivity contribution in [2.24, 2.45) is 0 Å². The highest BCUT2D eigenvalue weighted by molar-refractivity contribution is 5.99. The number of carbonyl (C=O) groups is 2. The first-order valence-corrected chi connectivity index (χ1v) is 9.80. The molecule has 1 fully saturated rings. The lowest BCUT2D eigenvalue weighted by Gasteiger charge is -2.20. The minimum atomic E-state index is -0.180. The molecule has 0 saturated carbocycles. The van der Waals surface area contributed by atoms with Crippen molar-refractivity contribution >= 4 is 11.8 Å². The van der Waals surface area contributed by atoms with Gasteiger partial charge in [-0.25, -0.2) is 0 Å². The van der Waals surface area contributed by atoms with Gasteiger partial charge in [0.05, 0.1) is 11.1 Å². The number of aromatic nitrogens is 1. The molecule has 5 heteroatoms. The largest absolute Gasteiger partial charge is 0.352 e. The topological polar surface area (TPSA) is 62.3 Å². The summed E-state index contributed by atoms with van der Waals surface area (Å²) in [6.07, 6.45) is 9.30. The van der Waals surface area contributed by atoms with Gasteiger partial charge in [-0.1, -0.05) is 43.2 Å². The summed E-state index contributed by atoms with van der Waals surface area (Å²) in [5, 5.41) is 2.92. The third-order valence-corrected chi connectivity index (χ3v) is 4.91. The van der Waals surface area contributed by atoms with Gasteiger partial charge in [0.25, 0.3) is 11.8 Å². The maximum atomic E-state index is 12.7. The predicted molar refractivity (Wildman–Crippen MR) is 106 cm³/mol. The van der Waals surface area contributed by atoms with E-state index >= 15 is 0 Å². The van der Waals surface area contributed by atoms with Crippen molar-refractivity contribution < 1.29 is 9.59 Å². The van der Waals surface area contributed by atoms with Gasteiger partial charge >= 0.3 is 0 Å². The zero-order chi connectivity index (χ0) is 18.9.